The first kappa shape index (κ1) is 22.6. The van der Waals surface area contributed by atoms with Gasteiger partial charge in [-0.05, 0) is 48.6 Å². The molecule has 0 bridgehead atoms. The van der Waals surface area contributed by atoms with Crippen molar-refractivity contribution in [2.45, 2.75) is 19.8 Å². The van der Waals surface area contributed by atoms with E-state index in [0.717, 1.165) is 25.9 Å². The van der Waals surface area contributed by atoms with Gasteiger partial charge in [0.05, 0.1) is 16.2 Å². The normalized spacial score (nSPS) is 14.4. The summed E-state index contributed by atoms with van der Waals surface area (Å²) in [6.07, 6.45) is 3.46. The van der Waals surface area contributed by atoms with Gasteiger partial charge in [0.25, 0.3) is 5.69 Å². The lowest BCUT2D eigenvalue weighted by atomic mass is 9.98. The van der Waals surface area contributed by atoms with Crippen LogP contribution in [0, 0.1) is 38.7 Å². The summed E-state index contributed by atoms with van der Waals surface area (Å²) in [6.45, 7) is 3.72. The number of piperidine rings is 1. The van der Waals surface area contributed by atoms with Crippen molar-refractivity contribution >= 4 is 28.8 Å². The fraction of sp³-hybridized carbons (Fsp3) is 0.240. The summed E-state index contributed by atoms with van der Waals surface area (Å²) in [4.78, 5) is 13.5. The van der Waals surface area contributed by atoms with Crippen molar-refractivity contribution in [2.24, 2.45) is 5.92 Å². The third-order valence-electron chi connectivity index (χ3n) is 6.04. The van der Waals surface area contributed by atoms with Gasteiger partial charge in [0.15, 0.2) is 0 Å². The Kier molecular flexibility index (Phi) is 6.28. The van der Waals surface area contributed by atoms with Crippen molar-refractivity contribution in [3.8, 4) is 17.8 Å². The summed E-state index contributed by atoms with van der Waals surface area (Å²) >= 11 is 0. The highest BCUT2D eigenvalue weighted by Gasteiger charge is 2.24. The molecule has 1 aromatic heterocycles. The van der Waals surface area contributed by atoms with Crippen molar-refractivity contribution in [2.75, 3.05) is 23.7 Å². The molecule has 34 heavy (non-hydrogen) atoms. The SMILES string of the molecule is CC1CCN(c2ccc(/C=C(\C#N)c3nn(-c4ccccc4)c(N)c3C#N)cc2[N+](=O)[O-])CC1. The predicted molar refractivity (Wildman–Crippen MR) is 130 cm³/mol. The van der Waals surface area contributed by atoms with Crippen LogP contribution in [0.2, 0.25) is 0 Å². The van der Waals surface area contributed by atoms with Gasteiger partial charge in [-0.3, -0.25) is 10.1 Å². The van der Waals surface area contributed by atoms with Gasteiger partial charge in [-0.15, -0.1) is 0 Å². The standard InChI is InChI=1S/C25H23N7O2/c1-17-9-11-30(12-10-17)22-8-7-18(14-23(22)32(33)34)13-19(15-26)24-21(16-27)25(28)31(29-24)20-5-3-2-4-6-20/h2-8,13-14,17H,9-12,28H2,1H3/b19-13+. The Morgan fingerprint density at radius 3 is 2.53 bits per heavy atom. The molecule has 9 nitrogen and oxygen atoms in total. The Balaban J connectivity index is 1.75. The Morgan fingerprint density at radius 2 is 1.91 bits per heavy atom. The monoisotopic (exact) mass is 453 g/mol. The molecule has 9 heteroatoms. The molecular formula is C25H23N7O2. The van der Waals surface area contributed by atoms with Gasteiger partial charge in [0.1, 0.15) is 34.9 Å². The van der Waals surface area contributed by atoms with Crippen molar-refractivity contribution in [3.63, 3.8) is 0 Å². The third-order valence-corrected chi connectivity index (χ3v) is 6.04. The topological polar surface area (TPSA) is 138 Å². The van der Waals surface area contributed by atoms with Crippen molar-refractivity contribution in [1.29, 1.82) is 10.5 Å². The molecule has 0 radical (unpaired) electrons. The third kappa shape index (κ3) is 4.32. The van der Waals surface area contributed by atoms with E-state index < -0.39 is 4.92 Å². The van der Waals surface area contributed by atoms with E-state index in [1.807, 2.05) is 29.2 Å². The fourth-order valence-corrected chi connectivity index (χ4v) is 4.11. The minimum atomic E-state index is -0.403. The molecule has 1 saturated heterocycles. The lowest BCUT2D eigenvalue weighted by Gasteiger charge is -2.31. The summed E-state index contributed by atoms with van der Waals surface area (Å²) in [5.74, 6) is 0.721. The van der Waals surface area contributed by atoms with E-state index in [2.05, 4.69) is 18.1 Å². The summed E-state index contributed by atoms with van der Waals surface area (Å²) in [5.41, 5.74) is 8.12. The van der Waals surface area contributed by atoms with Crippen LogP contribution in [-0.2, 0) is 0 Å². The number of allylic oxidation sites excluding steroid dienone is 1. The molecule has 0 spiro atoms. The number of aromatic nitrogens is 2. The lowest BCUT2D eigenvalue weighted by Crippen LogP contribution is -2.33. The molecule has 4 rings (SSSR count). The van der Waals surface area contributed by atoms with E-state index in [1.165, 1.54) is 16.8 Å². The first-order valence-electron chi connectivity index (χ1n) is 10.9. The van der Waals surface area contributed by atoms with E-state index >= 15 is 0 Å². The molecule has 2 aromatic carbocycles. The number of nitrogens with two attached hydrogens (primary N) is 1. The van der Waals surface area contributed by atoms with Crippen LogP contribution < -0.4 is 10.6 Å². The maximum atomic E-state index is 11.8. The van der Waals surface area contributed by atoms with Crippen LogP contribution in [0.15, 0.2) is 48.5 Å². The molecule has 170 valence electrons. The summed E-state index contributed by atoms with van der Waals surface area (Å²) in [5, 5.41) is 35.7. The van der Waals surface area contributed by atoms with Crippen LogP contribution >= 0.6 is 0 Å². The number of para-hydroxylation sites is 1. The van der Waals surface area contributed by atoms with E-state index in [1.54, 1.807) is 24.3 Å². The van der Waals surface area contributed by atoms with Crippen molar-refractivity contribution in [3.05, 3.63) is 75.5 Å². The average molecular weight is 454 g/mol. The predicted octanol–water partition coefficient (Wildman–Crippen LogP) is 4.53. The van der Waals surface area contributed by atoms with Crippen LogP contribution in [0.1, 0.15) is 36.6 Å². The molecule has 2 N–H and O–H groups in total. The number of hydrogen-bond acceptors (Lipinski definition) is 7. The molecule has 0 aliphatic carbocycles. The maximum Gasteiger partial charge on any atom is 0.293 e. The lowest BCUT2D eigenvalue weighted by molar-refractivity contribution is -0.384. The fourth-order valence-electron chi connectivity index (χ4n) is 4.11. The molecule has 0 amide bonds. The maximum absolute atomic E-state index is 11.8. The molecule has 0 unspecified atom stereocenters. The second-order valence-corrected chi connectivity index (χ2v) is 8.31. The number of nitro groups is 1. The van der Waals surface area contributed by atoms with Gasteiger partial charge in [-0.1, -0.05) is 31.2 Å². The molecule has 1 aliphatic heterocycles. The summed E-state index contributed by atoms with van der Waals surface area (Å²) in [7, 11) is 0. The second-order valence-electron chi connectivity index (χ2n) is 8.31. The highest BCUT2D eigenvalue weighted by molar-refractivity contribution is 5.92. The largest absolute Gasteiger partial charge is 0.382 e. The van der Waals surface area contributed by atoms with E-state index in [9.17, 15) is 20.6 Å². The van der Waals surface area contributed by atoms with Gasteiger partial charge >= 0.3 is 0 Å². The first-order chi connectivity index (χ1) is 16.4. The zero-order valence-electron chi connectivity index (χ0n) is 18.7. The quantitative estimate of drug-likeness (QED) is 0.340. The highest BCUT2D eigenvalue weighted by Crippen LogP contribution is 2.34. The van der Waals surface area contributed by atoms with Gasteiger partial charge in [-0.25, -0.2) is 4.68 Å². The van der Waals surface area contributed by atoms with Crippen LogP contribution in [0.4, 0.5) is 17.2 Å². The van der Waals surface area contributed by atoms with Gasteiger partial charge in [0, 0.05) is 19.2 Å². The molecule has 3 aromatic rings. The van der Waals surface area contributed by atoms with Crippen molar-refractivity contribution < 1.29 is 4.92 Å². The molecule has 1 aliphatic rings. The average Bonchev–Trinajstić information content (AvgIpc) is 3.19. The zero-order chi connectivity index (χ0) is 24.2. The number of nitrogen functional groups attached to an aromatic ring is 1. The Labute approximate surface area is 197 Å². The number of benzene rings is 2. The molecule has 2 heterocycles. The van der Waals surface area contributed by atoms with Crippen molar-refractivity contribution in [1.82, 2.24) is 9.78 Å². The number of anilines is 2. The van der Waals surface area contributed by atoms with E-state index in [0.29, 0.717) is 22.9 Å². The number of nitrogens with zero attached hydrogens (tertiary/aromatic N) is 6. The first-order valence-corrected chi connectivity index (χ1v) is 10.9. The smallest absolute Gasteiger partial charge is 0.293 e. The molecule has 0 saturated carbocycles. The number of hydrogen-bond donors (Lipinski definition) is 1. The molecule has 1 fully saturated rings. The van der Waals surface area contributed by atoms with E-state index in [-0.39, 0.29) is 28.3 Å². The van der Waals surface area contributed by atoms with Gasteiger partial charge in [0.2, 0.25) is 0 Å². The van der Waals surface area contributed by atoms with Gasteiger partial charge < -0.3 is 10.6 Å². The van der Waals surface area contributed by atoms with Crippen LogP contribution in [0.3, 0.4) is 0 Å². The Hall–Kier alpha value is -4.63. The zero-order valence-corrected chi connectivity index (χ0v) is 18.7. The second kappa shape index (κ2) is 9.47. The molecular weight excluding hydrogens is 430 g/mol. The highest BCUT2D eigenvalue weighted by atomic mass is 16.6. The number of nitriles is 2. The molecule has 0 atom stereocenters. The minimum Gasteiger partial charge on any atom is -0.382 e. The number of rotatable bonds is 5. The van der Waals surface area contributed by atoms with Crippen LogP contribution in [-0.4, -0.2) is 27.8 Å². The van der Waals surface area contributed by atoms with Crippen LogP contribution in [0.5, 0.6) is 0 Å². The number of nitro benzene ring substituents is 1. The Morgan fingerprint density at radius 1 is 1.21 bits per heavy atom. The van der Waals surface area contributed by atoms with Gasteiger partial charge in [-0.2, -0.15) is 15.6 Å². The summed E-state index contributed by atoms with van der Waals surface area (Å²) in [6, 6.07) is 18.0. The van der Waals surface area contributed by atoms with E-state index in [4.69, 9.17) is 5.73 Å². The Bertz CT molecular complexity index is 1340. The van der Waals surface area contributed by atoms with Crippen LogP contribution in [0.25, 0.3) is 17.3 Å². The summed E-state index contributed by atoms with van der Waals surface area (Å²) < 4.78 is 1.40. The minimum absolute atomic E-state index is 0.0181.